The number of aryl methyl sites for hydroxylation is 1. The van der Waals surface area contributed by atoms with Crippen LogP contribution in [-0.2, 0) is 17.6 Å². The lowest BCUT2D eigenvalue weighted by Gasteiger charge is -2.18. The molecule has 0 saturated heterocycles. The van der Waals surface area contributed by atoms with Crippen LogP contribution in [0.4, 0.5) is 5.69 Å². The lowest BCUT2D eigenvalue weighted by molar-refractivity contribution is -0.116. The third-order valence-electron chi connectivity index (χ3n) is 4.85. The molecule has 5 heteroatoms. The van der Waals surface area contributed by atoms with Crippen LogP contribution in [0, 0.1) is 0 Å². The van der Waals surface area contributed by atoms with Gasteiger partial charge in [-0.2, -0.15) is 10.2 Å². The minimum Gasteiger partial charge on any atom is -0.326 e. The normalized spacial score (nSPS) is 13.5. The van der Waals surface area contributed by atoms with Gasteiger partial charge in [-0.15, -0.1) is 0 Å². The van der Waals surface area contributed by atoms with Gasteiger partial charge in [0.25, 0.3) is 0 Å². The fourth-order valence-corrected chi connectivity index (χ4v) is 3.47. The van der Waals surface area contributed by atoms with Gasteiger partial charge in [-0.25, -0.2) is 0 Å². The van der Waals surface area contributed by atoms with Crippen LogP contribution >= 0.6 is 0 Å². The number of nitrogens with one attached hydrogen (secondary N) is 1. The molecule has 3 rings (SSSR count). The highest BCUT2D eigenvalue weighted by Gasteiger charge is 2.16. The Balaban J connectivity index is 1.66. The molecule has 0 bridgehead atoms. The second kappa shape index (κ2) is 8.90. The molecule has 1 aromatic carbocycles. The molecule has 0 aliphatic heterocycles. The minimum absolute atomic E-state index is 0.0714. The number of nitrogens with zero attached hydrogens (tertiary/aromatic N) is 3. The van der Waals surface area contributed by atoms with Gasteiger partial charge in [0.1, 0.15) is 0 Å². The summed E-state index contributed by atoms with van der Waals surface area (Å²) in [5.41, 5.74) is 5.45. The minimum atomic E-state index is 0.0714. The molecular formula is C21H28N4O. The Bertz CT molecular complexity index is 757. The first-order valence-corrected chi connectivity index (χ1v) is 9.52. The maximum absolute atomic E-state index is 12.2. The molecule has 1 aliphatic rings. The molecule has 0 unspecified atom stereocenters. The Morgan fingerprint density at radius 2 is 2.04 bits per heavy atom. The molecule has 1 N–H and O–H groups in total. The van der Waals surface area contributed by atoms with E-state index < -0.39 is 0 Å². The predicted molar refractivity (Wildman–Crippen MR) is 105 cm³/mol. The lowest BCUT2D eigenvalue weighted by atomic mass is 9.90. The number of carbonyl (C=O) groups excluding carboxylic acids is 1. The first-order valence-electron chi connectivity index (χ1n) is 9.52. The van der Waals surface area contributed by atoms with Crippen molar-refractivity contribution in [2.75, 3.05) is 26.0 Å². The molecule has 1 amide bonds. The number of amides is 1. The second-order valence-corrected chi connectivity index (χ2v) is 7.29. The Morgan fingerprint density at radius 1 is 1.19 bits per heavy atom. The number of carbonyl (C=O) groups is 1. The van der Waals surface area contributed by atoms with E-state index in [9.17, 15) is 4.79 Å². The quantitative estimate of drug-likeness (QED) is 0.772. The summed E-state index contributed by atoms with van der Waals surface area (Å²) in [5.74, 6) is 0.0714. The average molecular weight is 352 g/mol. The van der Waals surface area contributed by atoms with Crippen molar-refractivity contribution in [1.29, 1.82) is 0 Å². The fourth-order valence-electron chi connectivity index (χ4n) is 3.47. The van der Waals surface area contributed by atoms with E-state index in [-0.39, 0.29) is 5.91 Å². The Hall–Kier alpha value is -2.27. The molecule has 138 valence electrons. The van der Waals surface area contributed by atoms with E-state index in [1.807, 2.05) is 30.5 Å². The van der Waals surface area contributed by atoms with E-state index in [0.717, 1.165) is 49.2 Å². The van der Waals surface area contributed by atoms with Crippen LogP contribution in [0.2, 0.25) is 0 Å². The van der Waals surface area contributed by atoms with Crippen LogP contribution in [0.25, 0.3) is 11.3 Å². The zero-order valence-corrected chi connectivity index (χ0v) is 15.8. The molecule has 26 heavy (non-hydrogen) atoms. The molecule has 1 aliphatic carbocycles. The fraction of sp³-hybridized carbons (Fsp3) is 0.476. The number of hydrogen-bond acceptors (Lipinski definition) is 4. The van der Waals surface area contributed by atoms with Gasteiger partial charge in [-0.05, 0) is 82.4 Å². The zero-order chi connectivity index (χ0) is 18.4. The third kappa shape index (κ3) is 4.88. The molecule has 1 heterocycles. The summed E-state index contributed by atoms with van der Waals surface area (Å²) in [6.07, 6.45) is 8.96. The molecule has 0 saturated carbocycles. The standard InChI is InChI=1S/C21H28N4O/c1-25(2)13-6-5-12-20(26)23-18-10-7-9-16(14-18)21-19-11-4-3-8-17(19)15-22-24-21/h7,9-10,14-15H,3-6,8,11-13H2,1-2H3,(H,23,26). The topological polar surface area (TPSA) is 58.1 Å². The van der Waals surface area contributed by atoms with E-state index in [2.05, 4.69) is 34.5 Å². The van der Waals surface area contributed by atoms with Crippen molar-refractivity contribution in [3.8, 4) is 11.3 Å². The first kappa shape index (κ1) is 18.5. The maximum Gasteiger partial charge on any atom is 0.224 e. The third-order valence-corrected chi connectivity index (χ3v) is 4.85. The highest BCUT2D eigenvalue weighted by Crippen LogP contribution is 2.30. The van der Waals surface area contributed by atoms with Gasteiger partial charge < -0.3 is 10.2 Å². The van der Waals surface area contributed by atoms with Gasteiger partial charge in [0.05, 0.1) is 11.9 Å². The lowest BCUT2D eigenvalue weighted by Crippen LogP contribution is -2.15. The number of hydrogen-bond donors (Lipinski definition) is 1. The van der Waals surface area contributed by atoms with E-state index in [0.29, 0.717) is 6.42 Å². The number of unbranched alkanes of at least 4 members (excludes halogenated alkanes) is 1. The van der Waals surface area contributed by atoms with Crippen molar-refractivity contribution in [2.24, 2.45) is 0 Å². The van der Waals surface area contributed by atoms with Crippen molar-refractivity contribution in [3.05, 3.63) is 41.6 Å². The number of fused-ring (bicyclic) bond motifs is 1. The van der Waals surface area contributed by atoms with Crippen LogP contribution in [0.3, 0.4) is 0 Å². The van der Waals surface area contributed by atoms with Gasteiger partial charge >= 0.3 is 0 Å². The van der Waals surface area contributed by atoms with Crippen molar-refractivity contribution >= 4 is 11.6 Å². The monoisotopic (exact) mass is 352 g/mol. The molecular weight excluding hydrogens is 324 g/mol. The van der Waals surface area contributed by atoms with Crippen LogP contribution < -0.4 is 5.32 Å². The molecule has 0 spiro atoms. The smallest absolute Gasteiger partial charge is 0.224 e. The number of aromatic nitrogens is 2. The number of anilines is 1. The highest BCUT2D eigenvalue weighted by atomic mass is 16.1. The van der Waals surface area contributed by atoms with Gasteiger partial charge in [0.2, 0.25) is 5.91 Å². The molecule has 2 aromatic rings. The predicted octanol–water partition coefficient (Wildman–Crippen LogP) is 3.69. The highest BCUT2D eigenvalue weighted by molar-refractivity contribution is 5.91. The summed E-state index contributed by atoms with van der Waals surface area (Å²) >= 11 is 0. The largest absolute Gasteiger partial charge is 0.326 e. The first-order chi connectivity index (χ1) is 12.6. The van der Waals surface area contributed by atoms with E-state index in [1.54, 1.807) is 0 Å². The Kier molecular flexibility index (Phi) is 6.34. The maximum atomic E-state index is 12.2. The molecule has 0 fully saturated rings. The van der Waals surface area contributed by atoms with Crippen LogP contribution in [0.5, 0.6) is 0 Å². The van der Waals surface area contributed by atoms with E-state index in [1.165, 1.54) is 24.0 Å². The molecule has 0 radical (unpaired) electrons. The summed E-state index contributed by atoms with van der Waals surface area (Å²) < 4.78 is 0. The van der Waals surface area contributed by atoms with E-state index in [4.69, 9.17) is 0 Å². The number of rotatable bonds is 7. The van der Waals surface area contributed by atoms with Crippen LogP contribution in [-0.4, -0.2) is 41.6 Å². The molecule has 0 atom stereocenters. The van der Waals surface area contributed by atoms with Gasteiger partial charge in [0.15, 0.2) is 0 Å². The Morgan fingerprint density at radius 3 is 2.88 bits per heavy atom. The summed E-state index contributed by atoms with van der Waals surface area (Å²) in [6, 6.07) is 7.97. The summed E-state index contributed by atoms with van der Waals surface area (Å²) in [6.45, 7) is 1.01. The van der Waals surface area contributed by atoms with Crippen molar-refractivity contribution in [1.82, 2.24) is 15.1 Å². The van der Waals surface area contributed by atoms with Crippen molar-refractivity contribution < 1.29 is 4.79 Å². The van der Waals surface area contributed by atoms with Gasteiger partial charge in [-0.3, -0.25) is 4.79 Å². The summed E-state index contributed by atoms with van der Waals surface area (Å²) in [5, 5.41) is 11.6. The zero-order valence-electron chi connectivity index (χ0n) is 15.8. The van der Waals surface area contributed by atoms with Crippen molar-refractivity contribution in [2.45, 2.75) is 44.9 Å². The Labute approximate surface area is 155 Å². The van der Waals surface area contributed by atoms with Crippen molar-refractivity contribution in [3.63, 3.8) is 0 Å². The van der Waals surface area contributed by atoms with Crippen LogP contribution in [0.15, 0.2) is 30.5 Å². The van der Waals surface area contributed by atoms with Gasteiger partial charge in [0, 0.05) is 17.7 Å². The second-order valence-electron chi connectivity index (χ2n) is 7.29. The summed E-state index contributed by atoms with van der Waals surface area (Å²) in [7, 11) is 4.10. The molecule has 5 nitrogen and oxygen atoms in total. The van der Waals surface area contributed by atoms with Crippen LogP contribution in [0.1, 0.15) is 43.2 Å². The SMILES string of the molecule is CN(C)CCCCC(=O)Nc1cccc(-c2nncc3c2CCCC3)c1. The van der Waals surface area contributed by atoms with Gasteiger partial charge in [-0.1, -0.05) is 12.1 Å². The molecule has 1 aromatic heterocycles. The summed E-state index contributed by atoms with van der Waals surface area (Å²) in [4.78, 5) is 14.3. The number of benzene rings is 1. The average Bonchev–Trinajstić information content (AvgIpc) is 2.65. The van der Waals surface area contributed by atoms with E-state index >= 15 is 0 Å².